The van der Waals surface area contributed by atoms with Crippen molar-refractivity contribution in [1.82, 2.24) is 9.97 Å². The molecule has 0 bridgehead atoms. The summed E-state index contributed by atoms with van der Waals surface area (Å²) in [7, 11) is -0.409. The van der Waals surface area contributed by atoms with Crippen LogP contribution in [0.5, 0.6) is 5.75 Å². The summed E-state index contributed by atoms with van der Waals surface area (Å²) in [5.41, 5.74) is 0.639. The van der Waals surface area contributed by atoms with Gasteiger partial charge in [-0.25, -0.2) is 13.4 Å². The molecule has 1 aliphatic carbocycles. The fraction of sp³-hybridized carbons (Fsp3) is 0.478. The highest BCUT2D eigenvalue weighted by atomic mass is 32.2. The van der Waals surface area contributed by atoms with Crippen molar-refractivity contribution < 1.29 is 17.9 Å². The Kier molecular flexibility index (Phi) is 8.46. The van der Waals surface area contributed by atoms with Crippen LogP contribution in [0.25, 0.3) is 6.08 Å². The number of nitrogens with one attached hydrogen (secondary N) is 1. The Morgan fingerprint density at radius 2 is 1.91 bits per heavy atom. The molecule has 1 saturated carbocycles. The van der Waals surface area contributed by atoms with E-state index in [1.165, 1.54) is 30.4 Å². The first-order valence-corrected chi connectivity index (χ1v) is 12.5. The van der Waals surface area contributed by atoms with E-state index >= 15 is 0 Å². The number of ether oxygens (including phenoxy) is 2. The monoisotopic (exact) mass is 460 g/mol. The van der Waals surface area contributed by atoms with Gasteiger partial charge in [0.05, 0.1) is 18.6 Å². The number of methoxy groups -OCH3 is 2. The Bertz CT molecular complexity index is 1000. The van der Waals surface area contributed by atoms with E-state index in [4.69, 9.17) is 14.5 Å². The van der Waals surface area contributed by atoms with Crippen LogP contribution in [0.15, 0.2) is 40.8 Å². The molecule has 0 amide bonds. The van der Waals surface area contributed by atoms with Crippen molar-refractivity contribution in [3.8, 4) is 5.75 Å². The van der Waals surface area contributed by atoms with Gasteiger partial charge in [-0.1, -0.05) is 12.8 Å². The molecule has 1 N–H and O–H groups in total. The highest BCUT2D eigenvalue weighted by Gasteiger charge is 2.19. The zero-order chi connectivity index (χ0) is 23.0. The number of anilines is 2. The zero-order valence-corrected chi connectivity index (χ0v) is 19.8. The molecule has 8 nitrogen and oxygen atoms in total. The Morgan fingerprint density at radius 3 is 2.53 bits per heavy atom. The number of hydrogen-bond acceptors (Lipinski definition) is 8. The third-order valence-electron chi connectivity index (χ3n) is 5.54. The van der Waals surface area contributed by atoms with Crippen LogP contribution in [-0.2, 0) is 14.6 Å². The molecule has 0 saturated heterocycles. The topological polar surface area (TPSA) is 93.7 Å². The van der Waals surface area contributed by atoms with Crippen LogP contribution in [0.2, 0.25) is 0 Å². The molecule has 1 aliphatic rings. The fourth-order valence-corrected chi connectivity index (χ4v) is 4.64. The number of nitrogens with zero attached hydrogens (tertiary/aromatic N) is 3. The van der Waals surface area contributed by atoms with Crippen molar-refractivity contribution in [2.75, 3.05) is 44.1 Å². The minimum atomic E-state index is -3.62. The highest BCUT2D eigenvalue weighted by molar-refractivity contribution is 7.94. The van der Waals surface area contributed by atoms with E-state index in [0.717, 1.165) is 19.4 Å². The molecule has 0 atom stereocenters. The first kappa shape index (κ1) is 24.0. The van der Waals surface area contributed by atoms with Crippen LogP contribution < -0.4 is 15.0 Å². The van der Waals surface area contributed by atoms with Crippen LogP contribution in [0.4, 0.5) is 11.8 Å². The molecule has 3 rings (SSSR count). The van der Waals surface area contributed by atoms with Crippen LogP contribution in [-0.4, -0.2) is 58.3 Å². The van der Waals surface area contributed by atoms with Crippen molar-refractivity contribution in [1.29, 1.82) is 0 Å². The molecule has 1 aromatic heterocycles. The van der Waals surface area contributed by atoms with E-state index in [2.05, 4.69) is 10.3 Å². The van der Waals surface area contributed by atoms with Gasteiger partial charge in [0.15, 0.2) is 9.84 Å². The molecule has 174 valence electrons. The average Bonchev–Trinajstić information content (AvgIpc) is 3.32. The maximum atomic E-state index is 12.8. The molecular weight excluding hydrogens is 428 g/mol. The van der Waals surface area contributed by atoms with Gasteiger partial charge in [-0.15, -0.1) is 0 Å². The van der Waals surface area contributed by atoms with Crippen molar-refractivity contribution in [2.45, 2.75) is 43.5 Å². The summed E-state index contributed by atoms with van der Waals surface area (Å²) in [4.78, 5) is 11.5. The van der Waals surface area contributed by atoms with Gasteiger partial charge in [-0.3, -0.25) is 0 Å². The minimum Gasteiger partial charge on any atom is -0.497 e. The van der Waals surface area contributed by atoms with Crippen LogP contribution in [0.1, 0.15) is 38.2 Å². The Labute approximate surface area is 190 Å². The first-order valence-electron chi connectivity index (χ1n) is 10.9. The molecule has 1 fully saturated rings. The van der Waals surface area contributed by atoms with Gasteiger partial charge in [0, 0.05) is 43.4 Å². The van der Waals surface area contributed by atoms with Gasteiger partial charge < -0.3 is 19.7 Å². The van der Waals surface area contributed by atoms with Crippen LogP contribution in [0, 0.1) is 0 Å². The van der Waals surface area contributed by atoms with Crippen LogP contribution >= 0.6 is 0 Å². The second-order valence-electron chi connectivity index (χ2n) is 7.70. The summed E-state index contributed by atoms with van der Waals surface area (Å²) in [5, 5.41) is 4.71. The van der Waals surface area contributed by atoms with E-state index in [1.807, 2.05) is 11.8 Å². The van der Waals surface area contributed by atoms with Crippen LogP contribution in [0.3, 0.4) is 0 Å². The van der Waals surface area contributed by atoms with Gasteiger partial charge in [-0.2, -0.15) is 4.98 Å². The maximum absolute atomic E-state index is 12.8. The van der Waals surface area contributed by atoms with E-state index in [1.54, 1.807) is 38.6 Å². The van der Waals surface area contributed by atoms with Crippen molar-refractivity contribution >= 4 is 27.7 Å². The third kappa shape index (κ3) is 6.20. The number of likely N-dealkylation sites (N-methyl/N-ethyl adjacent to an activating group) is 1. The summed E-state index contributed by atoms with van der Waals surface area (Å²) in [6, 6.07) is 6.66. The molecular formula is C23H32N4O4S. The predicted molar refractivity (Wildman–Crippen MR) is 127 cm³/mol. The second kappa shape index (κ2) is 11.3. The minimum absolute atomic E-state index is 0.203. The standard InChI is InChI=1S/C23H32N4O4S/c1-4-27(14-15-30-2)23-24-17-18(22(26-23)25-19-7-5-6-8-19)13-16-32(28,29)21-11-9-20(31-3)10-12-21/h9-13,16-17,19H,4-8,14-15H2,1-3H3,(H,24,25,26)/b16-13+. The predicted octanol–water partition coefficient (Wildman–Crippen LogP) is 3.76. The lowest BCUT2D eigenvalue weighted by Crippen LogP contribution is -2.29. The number of hydrogen-bond donors (Lipinski definition) is 1. The number of aromatic nitrogens is 2. The number of benzene rings is 1. The zero-order valence-electron chi connectivity index (χ0n) is 19.0. The first-order chi connectivity index (χ1) is 15.5. The van der Waals surface area contributed by atoms with Crippen molar-refractivity contribution in [3.63, 3.8) is 0 Å². The normalized spacial score (nSPS) is 14.7. The van der Waals surface area contributed by atoms with E-state index < -0.39 is 9.84 Å². The third-order valence-corrected chi connectivity index (χ3v) is 6.97. The van der Waals surface area contributed by atoms with Crippen molar-refractivity contribution in [3.05, 3.63) is 41.4 Å². The lowest BCUT2D eigenvalue weighted by molar-refractivity contribution is 0.205. The van der Waals surface area contributed by atoms with E-state index in [9.17, 15) is 8.42 Å². The van der Waals surface area contributed by atoms with Gasteiger partial charge in [0.25, 0.3) is 0 Å². The summed E-state index contributed by atoms with van der Waals surface area (Å²) in [6.07, 6.45) is 7.76. The molecule has 0 aliphatic heterocycles. The average molecular weight is 461 g/mol. The van der Waals surface area contributed by atoms with Gasteiger partial charge in [-0.05, 0) is 50.1 Å². The smallest absolute Gasteiger partial charge is 0.227 e. The summed E-state index contributed by atoms with van der Waals surface area (Å²) >= 11 is 0. The summed E-state index contributed by atoms with van der Waals surface area (Å²) in [6.45, 7) is 4.03. The summed E-state index contributed by atoms with van der Waals surface area (Å²) < 4.78 is 35.9. The molecule has 2 aromatic rings. The Balaban J connectivity index is 1.88. The largest absolute Gasteiger partial charge is 0.497 e. The van der Waals surface area contributed by atoms with Crippen molar-refractivity contribution in [2.24, 2.45) is 0 Å². The lowest BCUT2D eigenvalue weighted by atomic mass is 10.2. The SMILES string of the molecule is CCN(CCOC)c1ncc(/C=C/S(=O)(=O)c2ccc(OC)cc2)c(NC2CCCC2)n1. The Morgan fingerprint density at radius 1 is 1.19 bits per heavy atom. The van der Waals surface area contributed by atoms with E-state index in [0.29, 0.717) is 42.3 Å². The van der Waals surface area contributed by atoms with Gasteiger partial charge in [0.1, 0.15) is 11.6 Å². The highest BCUT2D eigenvalue weighted by Crippen LogP contribution is 2.26. The molecule has 1 heterocycles. The summed E-state index contributed by atoms with van der Waals surface area (Å²) in [5.74, 6) is 1.85. The van der Waals surface area contributed by atoms with Gasteiger partial charge >= 0.3 is 0 Å². The number of rotatable bonds is 11. The molecule has 9 heteroatoms. The molecule has 1 aromatic carbocycles. The quantitative estimate of drug-likeness (QED) is 0.542. The molecule has 0 radical (unpaired) electrons. The van der Waals surface area contributed by atoms with E-state index in [-0.39, 0.29) is 4.90 Å². The molecule has 32 heavy (non-hydrogen) atoms. The molecule has 0 unspecified atom stereocenters. The fourth-order valence-electron chi connectivity index (χ4n) is 3.64. The second-order valence-corrected chi connectivity index (χ2v) is 9.53. The lowest BCUT2D eigenvalue weighted by Gasteiger charge is -2.22. The van der Waals surface area contributed by atoms with Gasteiger partial charge in [0.2, 0.25) is 5.95 Å². The maximum Gasteiger partial charge on any atom is 0.227 e. The Hall–Kier alpha value is -2.65. The molecule has 0 spiro atoms. The number of sulfone groups is 1.